The number of hydrogen-bond acceptors (Lipinski definition) is 5. The lowest BCUT2D eigenvalue weighted by Gasteiger charge is -2.40. The number of aromatic nitrogens is 3. The molecule has 5 heteroatoms. The normalized spacial score (nSPS) is 13.5. The molecular formula is C54H31N3S2. The van der Waals surface area contributed by atoms with Gasteiger partial charge in [-0.2, -0.15) is 0 Å². The Hall–Kier alpha value is -6.92. The fourth-order valence-electron chi connectivity index (χ4n) is 9.82. The van der Waals surface area contributed by atoms with E-state index in [0.29, 0.717) is 0 Å². The predicted octanol–water partition coefficient (Wildman–Crippen LogP) is 14.4. The van der Waals surface area contributed by atoms with Crippen LogP contribution >= 0.6 is 23.1 Å². The highest BCUT2D eigenvalue weighted by molar-refractivity contribution is 7.99. The van der Waals surface area contributed by atoms with Crippen LogP contribution in [0, 0.1) is 0 Å². The second kappa shape index (κ2) is 12.5. The summed E-state index contributed by atoms with van der Waals surface area (Å²) in [5.41, 5.74) is 14.4. The van der Waals surface area contributed by atoms with Crippen LogP contribution in [0.25, 0.3) is 87.0 Å². The van der Waals surface area contributed by atoms with Crippen LogP contribution in [0.5, 0.6) is 0 Å². The molecule has 0 saturated heterocycles. The van der Waals surface area contributed by atoms with Crippen LogP contribution in [0.3, 0.4) is 0 Å². The van der Waals surface area contributed by atoms with Crippen molar-refractivity contribution < 1.29 is 0 Å². The van der Waals surface area contributed by atoms with E-state index in [4.69, 9.17) is 15.0 Å². The maximum absolute atomic E-state index is 5.57. The van der Waals surface area contributed by atoms with Gasteiger partial charge in [-0.05, 0) is 69.1 Å². The van der Waals surface area contributed by atoms with E-state index in [1.807, 2.05) is 30.0 Å². The number of benzene rings is 8. The summed E-state index contributed by atoms with van der Waals surface area (Å²) in [6, 6.07) is 68.3. The fourth-order valence-corrected chi connectivity index (χ4v) is 12.2. The van der Waals surface area contributed by atoms with Gasteiger partial charge in [0.25, 0.3) is 0 Å². The average molecular weight is 786 g/mol. The first-order valence-corrected chi connectivity index (χ1v) is 21.6. The Morgan fingerprint density at radius 2 is 1.05 bits per heavy atom. The number of rotatable bonds is 3. The van der Waals surface area contributed by atoms with Gasteiger partial charge in [0.05, 0.1) is 32.5 Å². The zero-order valence-corrected chi connectivity index (χ0v) is 33.2. The van der Waals surface area contributed by atoms with Gasteiger partial charge in [-0.15, -0.1) is 11.3 Å². The van der Waals surface area contributed by atoms with Crippen molar-refractivity contribution in [1.29, 1.82) is 0 Å². The van der Waals surface area contributed by atoms with E-state index in [1.54, 1.807) is 11.3 Å². The van der Waals surface area contributed by atoms with E-state index in [0.717, 1.165) is 65.8 Å². The van der Waals surface area contributed by atoms with Crippen LogP contribution in [0.1, 0.15) is 22.3 Å². The third-order valence-electron chi connectivity index (χ3n) is 12.3. The predicted molar refractivity (Wildman–Crippen MR) is 245 cm³/mol. The molecule has 59 heavy (non-hydrogen) atoms. The van der Waals surface area contributed by atoms with Crippen molar-refractivity contribution in [3.05, 3.63) is 210 Å². The van der Waals surface area contributed by atoms with Crippen LogP contribution in [-0.4, -0.2) is 15.0 Å². The number of hydrogen-bond donors (Lipinski definition) is 0. The zero-order chi connectivity index (χ0) is 38.7. The van der Waals surface area contributed by atoms with Gasteiger partial charge in [0.15, 0.2) is 5.82 Å². The lowest BCUT2D eigenvalue weighted by atomic mass is 9.67. The molecule has 0 fully saturated rings. The topological polar surface area (TPSA) is 38.7 Å². The van der Waals surface area contributed by atoms with Crippen molar-refractivity contribution in [1.82, 2.24) is 15.0 Å². The molecule has 0 saturated carbocycles. The molecule has 3 nitrogen and oxygen atoms in total. The minimum absolute atomic E-state index is 0.470. The standard InChI is InChI=1S/C54H31N3S2/c1-3-15-32(16-4-1)49-40-31-48-44(54(43-24-12-14-26-47(43)58-48)41-22-10-7-19-35(41)36-20-8-11-23-42(36)54)30-39(40)37-28-27-34(29-45(37)55-49)50-52-51(38-21-9-13-25-46(38)59-52)57-53(56-50)33-17-5-2-6-18-33/h1-31H. The highest BCUT2D eigenvalue weighted by Crippen LogP contribution is 2.62. The number of pyridine rings is 1. The molecule has 0 N–H and O–H groups in total. The number of nitrogens with zero attached hydrogens (tertiary/aromatic N) is 3. The van der Waals surface area contributed by atoms with Crippen LogP contribution in [-0.2, 0) is 5.41 Å². The SMILES string of the molecule is c1ccc(-c2nc(-c3ccc4c(c3)nc(-c3ccccc3)c3cc5c(cc34)C3(c4ccccc4S5)c4ccccc4-c4ccccc43)c3sc4ccccc4c3n2)cc1. The first-order valence-electron chi connectivity index (χ1n) is 19.9. The lowest BCUT2D eigenvalue weighted by molar-refractivity contribution is 0.724. The van der Waals surface area contributed by atoms with Crippen LogP contribution in [0.4, 0.5) is 0 Å². The quantitative estimate of drug-likeness (QED) is 0.167. The molecule has 1 aliphatic heterocycles. The third-order valence-corrected chi connectivity index (χ3v) is 14.6. The maximum Gasteiger partial charge on any atom is 0.160 e. The van der Waals surface area contributed by atoms with Crippen molar-refractivity contribution in [2.24, 2.45) is 0 Å². The first kappa shape index (κ1) is 33.1. The Kier molecular flexibility index (Phi) is 7.03. The van der Waals surface area contributed by atoms with Gasteiger partial charge in [0, 0.05) is 47.3 Å². The van der Waals surface area contributed by atoms with Gasteiger partial charge in [-0.1, -0.05) is 169 Å². The molecule has 3 aromatic heterocycles. The first-order chi connectivity index (χ1) is 29.2. The average Bonchev–Trinajstić information content (AvgIpc) is 3.82. The molecule has 0 atom stereocenters. The molecule has 8 aromatic carbocycles. The molecule has 2 aliphatic rings. The molecule has 0 amide bonds. The van der Waals surface area contributed by atoms with Crippen LogP contribution < -0.4 is 0 Å². The van der Waals surface area contributed by atoms with Crippen molar-refractivity contribution in [2.45, 2.75) is 15.2 Å². The molecule has 274 valence electrons. The zero-order valence-electron chi connectivity index (χ0n) is 31.6. The van der Waals surface area contributed by atoms with Gasteiger partial charge >= 0.3 is 0 Å². The summed E-state index contributed by atoms with van der Waals surface area (Å²) in [6.45, 7) is 0. The molecule has 0 radical (unpaired) electrons. The van der Waals surface area contributed by atoms with E-state index in [2.05, 4.69) is 170 Å². The third kappa shape index (κ3) is 4.68. The smallest absolute Gasteiger partial charge is 0.160 e. The van der Waals surface area contributed by atoms with Crippen molar-refractivity contribution in [3.63, 3.8) is 0 Å². The van der Waals surface area contributed by atoms with E-state index in [1.165, 1.54) is 53.3 Å². The summed E-state index contributed by atoms with van der Waals surface area (Å²) in [7, 11) is 0. The monoisotopic (exact) mass is 785 g/mol. The van der Waals surface area contributed by atoms with Crippen molar-refractivity contribution >= 4 is 65.1 Å². The van der Waals surface area contributed by atoms with Crippen molar-refractivity contribution in [2.75, 3.05) is 0 Å². The summed E-state index contributed by atoms with van der Waals surface area (Å²) >= 11 is 3.63. The Balaban J connectivity index is 1.12. The van der Waals surface area contributed by atoms with Crippen molar-refractivity contribution in [3.8, 4) is 45.0 Å². The van der Waals surface area contributed by atoms with E-state index >= 15 is 0 Å². The number of fused-ring (bicyclic) bond motifs is 15. The lowest BCUT2D eigenvalue weighted by Crippen LogP contribution is -2.32. The Morgan fingerprint density at radius 1 is 0.390 bits per heavy atom. The highest BCUT2D eigenvalue weighted by Gasteiger charge is 2.50. The maximum atomic E-state index is 5.57. The molecule has 1 spiro atoms. The Morgan fingerprint density at radius 3 is 1.83 bits per heavy atom. The Bertz CT molecular complexity index is 3490. The summed E-state index contributed by atoms with van der Waals surface area (Å²) in [6.07, 6.45) is 0. The molecule has 0 unspecified atom stereocenters. The fraction of sp³-hybridized carbons (Fsp3) is 0.0185. The summed E-state index contributed by atoms with van der Waals surface area (Å²) in [5.74, 6) is 0.722. The second-order valence-corrected chi connectivity index (χ2v) is 17.6. The Labute approximate surface area is 348 Å². The minimum Gasteiger partial charge on any atom is -0.247 e. The number of thiophene rings is 1. The van der Waals surface area contributed by atoms with Gasteiger partial charge in [-0.3, -0.25) is 0 Å². The summed E-state index contributed by atoms with van der Waals surface area (Å²) in [4.78, 5) is 18.6. The minimum atomic E-state index is -0.470. The molecule has 11 aromatic rings. The van der Waals surface area contributed by atoms with E-state index in [9.17, 15) is 0 Å². The second-order valence-electron chi connectivity index (χ2n) is 15.4. The largest absolute Gasteiger partial charge is 0.247 e. The van der Waals surface area contributed by atoms with Crippen LogP contribution in [0.2, 0.25) is 0 Å². The van der Waals surface area contributed by atoms with E-state index < -0.39 is 5.41 Å². The highest BCUT2D eigenvalue weighted by atomic mass is 32.2. The summed E-state index contributed by atoms with van der Waals surface area (Å²) < 4.78 is 2.28. The van der Waals surface area contributed by atoms with Crippen LogP contribution in [0.15, 0.2) is 198 Å². The molecule has 1 aliphatic carbocycles. The van der Waals surface area contributed by atoms with Gasteiger partial charge < -0.3 is 0 Å². The van der Waals surface area contributed by atoms with Gasteiger partial charge in [-0.25, -0.2) is 15.0 Å². The van der Waals surface area contributed by atoms with Gasteiger partial charge in [0.1, 0.15) is 0 Å². The summed E-state index contributed by atoms with van der Waals surface area (Å²) in [5, 5.41) is 4.62. The molecular weight excluding hydrogens is 755 g/mol. The molecule has 13 rings (SSSR count). The van der Waals surface area contributed by atoms with E-state index in [-0.39, 0.29) is 0 Å². The molecule has 0 bridgehead atoms. The molecule has 4 heterocycles. The van der Waals surface area contributed by atoms with Gasteiger partial charge in [0.2, 0.25) is 0 Å².